The maximum atomic E-state index is 12.0. The molecule has 0 saturated carbocycles. The first-order chi connectivity index (χ1) is 8.33. The molecular weight excluding hydrogens is 212 g/mol. The summed E-state index contributed by atoms with van der Waals surface area (Å²) in [5.41, 5.74) is 1.16. The number of unbranched alkanes of at least 4 members (excludes halogenated alkanes) is 1. The number of hydrogen-bond acceptors (Lipinski definition) is 2. The number of carbonyl (C=O) groups is 1. The Kier molecular flexibility index (Phi) is 3.91. The summed E-state index contributed by atoms with van der Waals surface area (Å²) in [5, 5.41) is 5.85. The second-order valence-corrected chi connectivity index (χ2v) is 4.30. The average molecular weight is 230 g/mol. The Hall–Kier alpha value is -1.64. The van der Waals surface area contributed by atoms with E-state index in [2.05, 4.69) is 24.2 Å². The van der Waals surface area contributed by atoms with Gasteiger partial charge in [-0.05, 0) is 12.0 Å². The zero-order valence-electron chi connectivity index (χ0n) is 10.2. The zero-order valence-corrected chi connectivity index (χ0v) is 10.2. The highest BCUT2D eigenvalue weighted by atomic mass is 16.2. The molecule has 17 heavy (non-hydrogen) atoms. The second kappa shape index (κ2) is 5.62. The fraction of sp³-hybridized carbons (Fsp3) is 0.429. The smallest absolute Gasteiger partial charge is 0.243 e. The minimum atomic E-state index is 0.0977. The van der Waals surface area contributed by atoms with Gasteiger partial charge in [0.05, 0.1) is 6.04 Å². The van der Waals surface area contributed by atoms with Crippen LogP contribution in [0.2, 0.25) is 0 Å². The van der Waals surface area contributed by atoms with E-state index in [1.54, 1.807) is 5.01 Å². The summed E-state index contributed by atoms with van der Waals surface area (Å²) in [6.45, 7) is 2.09. The van der Waals surface area contributed by atoms with Crippen molar-refractivity contribution in [1.29, 1.82) is 0 Å². The van der Waals surface area contributed by atoms with E-state index in [-0.39, 0.29) is 11.9 Å². The lowest BCUT2D eigenvalue weighted by Crippen LogP contribution is -2.26. The number of hydrazone groups is 1. The van der Waals surface area contributed by atoms with Crippen LogP contribution in [-0.4, -0.2) is 17.1 Å². The standard InChI is InChI=1S/C14H18N2O/c1-2-3-9-14(17)16-13(10-11-15-16)12-7-5-4-6-8-12/h4-8,11,13H,2-3,9-10H2,1H3/t13-/m0/s1. The molecule has 0 bridgehead atoms. The molecule has 2 rings (SSSR count). The molecule has 1 aliphatic heterocycles. The Morgan fingerprint density at radius 3 is 2.88 bits per heavy atom. The molecule has 1 heterocycles. The van der Waals surface area contributed by atoms with Gasteiger partial charge in [0.25, 0.3) is 0 Å². The Morgan fingerprint density at radius 2 is 2.18 bits per heavy atom. The van der Waals surface area contributed by atoms with Crippen molar-refractivity contribution in [1.82, 2.24) is 5.01 Å². The Morgan fingerprint density at radius 1 is 1.41 bits per heavy atom. The minimum Gasteiger partial charge on any atom is -0.273 e. The number of benzene rings is 1. The van der Waals surface area contributed by atoms with Gasteiger partial charge in [0.2, 0.25) is 5.91 Å². The molecule has 1 aromatic rings. The van der Waals surface area contributed by atoms with E-state index in [1.165, 1.54) is 0 Å². The van der Waals surface area contributed by atoms with Crippen LogP contribution < -0.4 is 0 Å². The van der Waals surface area contributed by atoms with Crippen LogP contribution in [0.3, 0.4) is 0 Å². The van der Waals surface area contributed by atoms with Crippen molar-refractivity contribution >= 4 is 12.1 Å². The molecule has 90 valence electrons. The molecule has 1 aromatic carbocycles. The molecule has 3 nitrogen and oxygen atoms in total. The van der Waals surface area contributed by atoms with E-state index in [0.29, 0.717) is 6.42 Å². The van der Waals surface area contributed by atoms with Crippen LogP contribution in [0.5, 0.6) is 0 Å². The largest absolute Gasteiger partial charge is 0.273 e. The third-order valence-electron chi connectivity index (χ3n) is 3.01. The van der Waals surface area contributed by atoms with Crippen LogP contribution in [0.15, 0.2) is 35.4 Å². The zero-order chi connectivity index (χ0) is 12.1. The molecule has 0 fully saturated rings. The monoisotopic (exact) mass is 230 g/mol. The fourth-order valence-corrected chi connectivity index (χ4v) is 2.05. The highest BCUT2D eigenvalue weighted by Gasteiger charge is 2.27. The number of carbonyl (C=O) groups excluding carboxylic acids is 1. The third-order valence-corrected chi connectivity index (χ3v) is 3.01. The normalized spacial score (nSPS) is 18.6. The van der Waals surface area contributed by atoms with Gasteiger partial charge in [-0.3, -0.25) is 4.79 Å². The highest BCUT2D eigenvalue weighted by molar-refractivity contribution is 5.79. The molecular formula is C14H18N2O. The van der Waals surface area contributed by atoms with E-state index in [4.69, 9.17) is 0 Å². The summed E-state index contributed by atoms with van der Waals surface area (Å²) >= 11 is 0. The summed E-state index contributed by atoms with van der Waals surface area (Å²) < 4.78 is 0. The van der Waals surface area contributed by atoms with E-state index >= 15 is 0 Å². The third kappa shape index (κ3) is 2.73. The van der Waals surface area contributed by atoms with Crippen LogP contribution >= 0.6 is 0 Å². The van der Waals surface area contributed by atoms with Gasteiger partial charge in [0.1, 0.15) is 0 Å². The number of hydrogen-bond donors (Lipinski definition) is 0. The molecule has 0 aromatic heterocycles. The Balaban J connectivity index is 2.07. The maximum Gasteiger partial charge on any atom is 0.243 e. The average Bonchev–Trinajstić information content (AvgIpc) is 2.86. The van der Waals surface area contributed by atoms with Crippen molar-refractivity contribution in [3.8, 4) is 0 Å². The lowest BCUT2D eigenvalue weighted by atomic mass is 10.0. The summed E-state index contributed by atoms with van der Waals surface area (Å²) in [7, 11) is 0. The van der Waals surface area contributed by atoms with E-state index in [9.17, 15) is 4.79 Å². The van der Waals surface area contributed by atoms with Crippen molar-refractivity contribution in [3.05, 3.63) is 35.9 Å². The Labute approximate surface area is 102 Å². The number of nitrogens with zero attached hydrogens (tertiary/aromatic N) is 2. The van der Waals surface area contributed by atoms with Crippen LogP contribution in [0.25, 0.3) is 0 Å². The van der Waals surface area contributed by atoms with Gasteiger partial charge in [-0.2, -0.15) is 5.10 Å². The molecule has 0 aliphatic carbocycles. The van der Waals surface area contributed by atoms with Gasteiger partial charge in [-0.25, -0.2) is 5.01 Å². The van der Waals surface area contributed by atoms with Gasteiger partial charge in [0, 0.05) is 19.1 Å². The molecule has 1 atom stereocenters. The van der Waals surface area contributed by atoms with Crippen molar-refractivity contribution in [3.63, 3.8) is 0 Å². The summed E-state index contributed by atoms with van der Waals surface area (Å²) in [6, 6.07) is 10.2. The topological polar surface area (TPSA) is 32.7 Å². The van der Waals surface area contributed by atoms with Crippen LogP contribution in [0.1, 0.15) is 44.2 Å². The van der Waals surface area contributed by atoms with Crippen molar-refractivity contribution in [2.45, 2.75) is 38.6 Å². The fourth-order valence-electron chi connectivity index (χ4n) is 2.05. The molecule has 1 amide bonds. The van der Waals surface area contributed by atoms with Gasteiger partial charge in [0.15, 0.2) is 0 Å². The number of rotatable bonds is 4. The molecule has 0 spiro atoms. The molecule has 0 unspecified atom stereocenters. The van der Waals surface area contributed by atoms with Crippen LogP contribution in [-0.2, 0) is 4.79 Å². The van der Waals surface area contributed by atoms with Gasteiger partial charge in [-0.1, -0.05) is 43.7 Å². The van der Waals surface area contributed by atoms with E-state index in [0.717, 1.165) is 24.8 Å². The first-order valence-electron chi connectivity index (χ1n) is 6.22. The van der Waals surface area contributed by atoms with Crippen LogP contribution in [0, 0.1) is 0 Å². The first kappa shape index (κ1) is 11.8. The van der Waals surface area contributed by atoms with E-state index < -0.39 is 0 Å². The summed E-state index contributed by atoms with van der Waals surface area (Å²) in [5.74, 6) is 0.134. The lowest BCUT2D eigenvalue weighted by molar-refractivity contribution is -0.133. The predicted octanol–water partition coefficient (Wildman–Crippen LogP) is 3.14. The molecule has 0 radical (unpaired) electrons. The molecule has 0 N–H and O–H groups in total. The summed E-state index contributed by atoms with van der Waals surface area (Å²) in [4.78, 5) is 12.0. The highest BCUT2D eigenvalue weighted by Crippen LogP contribution is 2.28. The quantitative estimate of drug-likeness (QED) is 0.782. The van der Waals surface area contributed by atoms with Gasteiger partial charge >= 0.3 is 0 Å². The molecule has 1 aliphatic rings. The number of amides is 1. The predicted molar refractivity (Wildman–Crippen MR) is 68.7 cm³/mol. The lowest BCUT2D eigenvalue weighted by Gasteiger charge is -2.22. The maximum absolute atomic E-state index is 12.0. The van der Waals surface area contributed by atoms with Crippen molar-refractivity contribution in [2.75, 3.05) is 0 Å². The Bertz CT molecular complexity index is 400. The summed E-state index contributed by atoms with van der Waals surface area (Å²) in [6.07, 6.45) is 5.23. The van der Waals surface area contributed by atoms with Crippen molar-refractivity contribution < 1.29 is 4.79 Å². The molecule has 0 saturated heterocycles. The van der Waals surface area contributed by atoms with E-state index in [1.807, 2.05) is 24.4 Å². The minimum absolute atomic E-state index is 0.0977. The SMILES string of the molecule is CCCCC(=O)N1N=CC[C@H]1c1ccccc1. The van der Waals surface area contributed by atoms with Crippen molar-refractivity contribution in [2.24, 2.45) is 5.10 Å². The first-order valence-corrected chi connectivity index (χ1v) is 6.22. The van der Waals surface area contributed by atoms with Crippen LogP contribution in [0.4, 0.5) is 0 Å². The second-order valence-electron chi connectivity index (χ2n) is 4.30. The molecule has 3 heteroatoms. The van der Waals surface area contributed by atoms with Gasteiger partial charge < -0.3 is 0 Å². The van der Waals surface area contributed by atoms with Gasteiger partial charge in [-0.15, -0.1) is 0 Å².